The quantitative estimate of drug-likeness (QED) is 0.413. The normalized spacial score (nSPS) is 12.1. The highest BCUT2D eigenvalue weighted by Crippen LogP contribution is 2.36. The maximum Gasteiger partial charge on any atom is 0.416 e. The van der Waals surface area contributed by atoms with Crippen molar-refractivity contribution >= 4 is 12.0 Å². The monoisotopic (exact) mass is 471 g/mol. The summed E-state index contributed by atoms with van der Waals surface area (Å²) in [5, 5.41) is 14.5. The lowest BCUT2D eigenvalue weighted by Gasteiger charge is -2.22. The maximum atomic E-state index is 13.5. The first-order valence-electron chi connectivity index (χ1n) is 10.6. The van der Waals surface area contributed by atoms with Crippen molar-refractivity contribution in [2.75, 3.05) is 0 Å². The Labute approximate surface area is 194 Å². The first-order valence-corrected chi connectivity index (χ1v) is 10.6. The van der Waals surface area contributed by atoms with Gasteiger partial charge in [0.2, 0.25) is 0 Å². The number of carboxylic acids is 1. The zero-order valence-corrected chi connectivity index (χ0v) is 18.4. The molecule has 2 aromatic carbocycles. The number of nitrogens with zero attached hydrogens (tertiary/aromatic N) is 1. The van der Waals surface area contributed by atoms with Crippen molar-refractivity contribution in [3.05, 3.63) is 89.1 Å². The summed E-state index contributed by atoms with van der Waals surface area (Å²) in [4.78, 5) is 27.9. The minimum absolute atomic E-state index is 0.243. The van der Waals surface area contributed by atoms with Crippen LogP contribution < -0.4 is 10.6 Å². The Hall–Kier alpha value is -3.88. The first kappa shape index (κ1) is 24.8. The Morgan fingerprint density at radius 1 is 1.03 bits per heavy atom. The van der Waals surface area contributed by atoms with Gasteiger partial charge in [0, 0.05) is 18.3 Å². The molecule has 0 saturated heterocycles. The van der Waals surface area contributed by atoms with Crippen LogP contribution in [-0.2, 0) is 23.9 Å². The molecule has 1 heterocycles. The number of carbonyl (C=O) groups excluding carboxylic acids is 1. The number of halogens is 3. The predicted molar refractivity (Wildman–Crippen MR) is 121 cm³/mol. The van der Waals surface area contributed by atoms with Crippen LogP contribution in [0.5, 0.6) is 0 Å². The number of aliphatic carboxylic acids is 1. The van der Waals surface area contributed by atoms with E-state index in [0.717, 1.165) is 17.7 Å². The van der Waals surface area contributed by atoms with Crippen molar-refractivity contribution in [1.82, 2.24) is 15.6 Å². The van der Waals surface area contributed by atoms with E-state index in [9.17, 15) is 22.8 Å². The van der Waals surface area contributed by atoms with Gasteiger partial charge in [0.1, 0.15) is 0 Å². The average molecular weight is 471 g/mol. The smallest absolute Gasteiger partial charge is 0.416 e. The molecule has 0 aliphatic heterocycles. The molecule has 9 heteroatoms. The summed E-state index contributed by atoms with van der Waals surface area (Å²) >= 11 is 0. The highest BCUT2D eigenvalue weighted by atomic mass is 19.4. The van der Waals surface area contributed by atoms with E-state index in [4.69, 9.17) is 5.11 Å². The summed E-state index contributed by atoms with van der Waals surface area (Å²) in [5.41, 5.74) is 1.45. The number of pyridine rings is 1. The van der Waals surface area contributed by atoms with E-state index in [1.807, 2.05) is 30.3 Å². The summed E-state index contributed by atoms with van der Waals surface area (Å²) in [7, 11) is 0. The second kappa shape index (κ2) is 10.8. The van der Waals surface area contributed by atoms with E-state index in [-0.39, 0.29) is 18.5 Å². The zero-order chi connectivity index (χ0) is 24.7. The summed E-state index contributed by atoms with van der Waals surface area (Å²) in [6, 6.07) is 14.3. The second-order valence-corrected chi connectivity index (χ2v) is 7.69. The van der Waals surface area contributed by atoms with E-state index < -0.39 is 29.8 Å². The molecular weight excluding hydrogens is 447 g/mol. The number of aromatic nitrogens is 1. The van der Waals surface area contributed by atoms with Gasteiger partial charge in [-0.2, -0.15) is 13.2 Å². The SMILES string of the molecule is CCC(NC(=O)NCc1ccccc1)c1cc(C(F)(F)F)ccc1-c1cc(CC(=O)O)ccn1. The molecule has 1 unspecified atom stereocenters. The number of alkyl halides is 3. The number of nitrogens with one attached hydrogen (secondary N) is 2. The van der Waals surface area contributed by atoms with Crippen molar-refractivity contribution < 1.29 is 27.9 Å². The van der Waals surface area contributed by atoms with Gasteiger partial charge >= 0.3 is 18.2 Å². The van der Waals surface area contributed by atoms with Gasteiger partial charge < -0.3 is 15.7 Å². The van der Waals surface area contributed by atoms with Gasteiger partial charge in [0.25, 0.3) is 0 Å². The molecule has 3 aromatic rings. The third kappa shape index (κ3) is 6.57. The molecule has 178 valence electrons. The molecule has 0 bridgehead atoms. The maximum absolute atomic E-state index is 13.5. The molecule has 3 N–H and O–H groups in total. The molecule has 0 fully saturated rings. The van der Waals surface area contributed by atoms with Crippen molar-refractivity contribution in [1.29, 1.82) is 0 Å². The Morgan fingerprint density at radius 3 is 2.41 bits per heavy atom. The van der Waals surface area contributed by atoms with Crippen LogP contribution in [0, 0.1) is 0 Å². The number of rotatable bonds is 8. The second-order valence-electron chi connectivity index (χ2n) is 7.69. The van der Waals surface area contributed by atoms with Gasteiger partial charge in [-0.25, -0.2) is 4.79 Å². The molecule has 3 rings (SSSR count). The number of hydrogen-bond acceptors (Lipinski definition) is 3. The topological polar surface area (TPSA) is 91.3 Å². The summed E-state index contributed by atoms with van der Waals surface area (Å²) in [5.74, 6) is -1.03. The summed E-state index contributed by atoms with van der Waals surface area (Å²) in [6.07, 6.45) is -3.08. The van der Waals surface area contributed by atoms with E-state index in [1.165, 1.54) is 24.4 Å². The van der Waals surface area contributed by atoms with Gasteiger partial charge in [-0.15, -0.1) is 0 Å². The fourth-order valence-corrected chi connectivity index (χ4v) is 3.55. The van der Waals surface area contributed by atoms with Gasteiger partial charge in [-0.3, -0.25) is 9.78 Å². The molecule has 6 nitrogen and oxygen atoms in total. The van der Waals surface area contributed by atoms with Gasteiger partial charge in [0.05, 0.1) is 23.7 Å². The molecule has 1 aromatic heterocycles. The number of urea groups is 1. The standard InChI is InChI=1S/C25H24F3N3O3/c1-2-21(31-24(34)30-15-16-6-4-3-5-7-16)20-14-18(25(26,27)28)8-9-19(20)22-12-17(10-11-29-22)13-23(32)33/h3-12,14,21H,2,13,15H2,1H3,(H,32,33)(H2,30,31,34). The number of benzene rings is 2. The van der Waals surface area contributed by atoms with Gasteiger partial charge in [-0.1, -0.05) is 43.3 Å². The molecule has 34 heavy (non-hydrogen) atoms. The highest BCUT2D eigenvalue weighted by Gasteiger charge is 2.32. The van der Waals surface area contributed by atoms with Gasteiger partial charge in [-0.05, 0) is 47.4 Å². The minimum atomic E-state index is -4.57. The van der Waals surface area contributed by atoms with Crippen LogP contribution in [0.25, 0.3) is 11.3 Å². The fourth-order valence-electron chi connectivity index (χ4n) is 3.55. The van der Waals surface area contributed by atoms with Crippen molar-refractivity contribution in [2.24, 2.45) is 0 Å². The van der Waals surface area contributed by atoms with E-state index >= 15 is 0 Å². The van der Waals surface area contributed by atoms with Crippen LogP contribution in [-0.4, -0.2) is 22.1 Å². The lowest BCUT2D eigenvalue weighted by molar-refractivity contribution is -0.138. The molecule has 1 atom stereocenters. The van der Waals surface area contributed by atoms with Crippen LogP contribution in [0.15, 0.2) is 66.9 Å². The average Bonchev–Trinajstić information content (AvgIpc) is 2.80. The fraction of sp³-hybridized carbons (Fsp3) is 0.240. The zero-order valence-electron chi connectivity index (χ0n) is 18.4. The Morgan fingerprint density at radius 2 is 1.76 bits per heavy atom. The van der Waals surface area contributed by atoms with Crippen molar-refractivity contribution in [3.63, 3.8) is 0 Å². The molecule has 0 radical (unpaired) electrons. The van der Waals surface area contributed by atoms with Crippen LogP contribution in [0.1, 0.15) is 41.6 Å². The van der Waals surface area contributed by atoms with E-state index in [2.05, 4.69) is 15.6 Å². The Kier molecular flexibility index (Phi) is 7.88. The number of carboxylic acid groups (broad SMARTS) is 1. The third-order valence-electron chi connectivity index (χ3n) is 5.22. The van der Waals surface area contributed by atoms with Gasteiger partial charge in [0.15, 0.2) is 0 Å². The molecule has 0 aliphatic rings. The number of hydrogen-bond donors (Lipinski definition) is 3. The highest BCUT2D eigenvalue weighted by molar-refractivity contribution is 5.76. The van der Waals surface area contributed by atoms with Crippen molar-refractivity contribution in [3.8, 4) is 11.3 Å². The summed E-state index contributed by atoms with van der Waals surface area (Å²) < 4.78 is 40.4. The Bertz CT molecular complexity index is 1150. The molecule has 2 amide bonds. The third-order valence-corrected chi connectivity index (χ3v) is 5.22. The molecule has 0 aliphatic carbocycles. The number of carbonyl (C=O) groups is 2. The minimum Gasteiger partial charge on any atom is -0.481 e. The van der Waals surface area contributed by atoms with Crippen LogP contribution in [0.2, 0.25) is 0 Å². The van der Waals surface area contributed by atoms with Crippen LogP contribution in [0.3, 0.4) is 0 Å². The lowest BCUT2D eigenvalue weighted by Crippen LogP contribution is -2.37. The van der Waals surface area contributed by atoms with Crippen LogP contribution in [0.4, 0.5) is 18.0 Å². The molecular formula is C25H24F3N3O3. The van der Waals surface area contributed by atoms with Crippen LogP contribution >= 0.6 is 0 Å². The molecule has 0 saturated carbocycles. The Balaban J connectivity index is 1.92. The van der Waals surface area contributed by atoms with Crippen molar-refractivity contribution in [2.45, 2.75) is 38.5 Å². The summed E-state index contributed by atoms with van der Waals surface area (Å²) in [6.45, 7) is 2.01. The largest absolute Gasteiger partial charge is 0.481 e. The number of amides is 2. The van der Waals surface area contributed by atoms with E-state index in [0.29, 0.717) is 23.2 Å². The van der Waals surface area contributed by atoms with E-state index in [1.54, 1.807) is 6.92 Å². The first-order chi connectivity index (χ1) is 16.2. The lowest BCUT2D eigenvalue weighted by atomic mass is 9.93. The molecule has 0 spiro atoms. The predicted octanol–water partition coefficient (Wildman–Crippen LogP) is 5.35.